The van der Waals surface area contributed by atoms with Crippen molar-refractivity contribution < 1.29 is 38.3 Å². The first-order chi connectivity index (χ1) is 14.8. The lowest BCUT2D eigenvalue weighted by Crippen LogP contribution is -2.32. The lowest BCUT2D eigenvalue weighted by Gasteiger charge is -2.19. The minimum atomic E-state index is -4.35. The predicted molar refractivity (Wildman–Crippen MR) is 99.0 cm³/mol. The maximum absolute atomic E-state index is 12.0. The van der Waals surface area contributed by atoms with Gasteiger partial charge >= 0.3 is 7.82 Å². The van der Waals surface area contributed by atoms with E-state index in [9.17, 15) is 24.7 Å². The van der Waals surface area contributed by atoms with E-state index in [-0.39, 0.29) is 6.04 Å². The molecular formula is C15H19N6O9P. The number of hydrogen-bond donors (Lipinski definition) is 3. The van der Waals surface area contributed by atoms with E-state index in [4.69, 9.17) is 13.8 Å². The quantitative estimate of drug-likeness (QED) is 0.301. The number of phosphoric acid groups is 1. The van der Waals surface area contributed by atoms with Gasteiger partial charge in [0.05, 0.1) is 18.5 Å². The van der Waals surface area contributed by atoms with Gasteiger partial charge in [0.25, 0.3) is 5.09 Å². The van der Waals surface area contributed by atoms with Crippen LogP contribution in [0.2, 0.25) is 0 Å². The van der Waals surface area contributed by atoms with Crippen LogP contribution >= 0.6 is 7.82 Å². The highest BCUT2D eigenvalue weighted by Gasteiger charge is 2.58. The number of nitrogens with zero attached hydrogens (tertiary/aromatic N) is 5. The SMILES string of the molecule is O=[N+]([O-])OC[C@H]1O[C@@H](n2cnc3c(NC4CCC[C@@H]4O)ncnc32)[C@@H]2OP(=O)(O)O[C@@H]21. The number of rotatable bonds is 6. The molecule has 7 atom stereocenters. The topological polar surface area (TPSA) is 193 Å². The molecule has 31 heavy (non-hydrogen) atoms. The molecule has 3 fully saturated rings. The number of anilines is 1. The van der Waals surface area contributed by atoms with Crippen molar-refractivity contribution in [3.05, 3.63) is 22.8 Å². The Morgan fingerprint density at radius 3 is 2.87 bits per heavy atom. The third-order valence-electron chi connectivity index (χ3n) is 5.57. The Balaban J connectivity index is 1.45. The monoisotopic (exact) mass is 458 g/mol. The Morgan fingerprint density at radius 1 is 1.32 bits per heavy atom. The van der Waals surface area contributed by atoms with E-state index in [1.54, 1.807) is 0 Å². The Kier molecular flexibility index (Phi) is 5.03. The second-order valence-corrected chi connectivity index (χ2v) is 8.85. The first-order valence-electron chi connectivity index (χ1n) is 9.57. The largest absolute Gasteiger partial charge is 0.473 e. The molecule has 0 aromatic carbocycles. The van der Waals surface area contributed by atoms with Gasteiger partial charge in [0.15, 0.2) is 23.2 Å². The fraction of sp³-hybridized carbons (Fsp3) is 0.667. The Hall–Kier alpha value is -2.42. The number of hydrogen-bond acceptors (Lipinski definition) is 12. The van der Waals surface area contributed by atoms with Crippen LogP contribution in [0.1, 0.15) is 25.5 Å². The zero-order valence-corrected chi connectivity index (χ0v) is 16.8. The normalized spacial score (nSPS) is 37.2. The third kappa shape index (κ3) is 3.73. The molecule has 0 spiro atoms. The summed E-state index contributed by atoms with van der Waals surface area (Å²) in [6, 6.07) is -0.161. The summed E-state index contributed by atoms with van der Waals surface area (Å²) in [5.41, 5.74) is 0.741. The molecule has 3 aliphatic rings. The molecule has 1 aliphatic carbocycles. The van der Waals surface area contributed by atoms with Crippen LogP contribution in [0.25, 0.3) is 11.2 Å². The van der Waals surface area contributed by atoms with Crippen LogP contribution in [-0.4, -0.2) is 71.7 Å². The molecule has 2 saturated heterocycles. The maximum atomic E-state index is 12.0. The van der Waals surface area contributed by atoms with Gasteiger partial charge in [-0.15, -0.1) is 10.1 Å². The summed E-state index contributed by atoms with van der Waals surface area (Å²) in [5.74, 6) is 0.425. The van der Waals surface area contributed by atoms with Gasteiger partial charge in [0.1, 0.15) is 31.2 Å². The molecule has 2 unspecified atom stereocenters. The molecule has 2 aliphatic heterocycles. The van der Waals surface area contributed by atoms with E-state index < -0.39 is 50.2 Å². The van der Waals surface area contributed by atoms with Crippen LogP contribution in [-0.2, 0) is 23.2 Å². The molecule has 2 aromatic rings. The smallest absolute Gasteiger partial charge is 0.391 e. The molecule has 5 rings (SSSR count). The molecule has 168 valence electrons. The minimum Gasteiger partial charge on any atom is -0.391 e. The van der Waals surface area contributed by atoms with Crippen molar-refractivity contribution in [3.8, 4) is 0 Å². The van der Waals surface area contributed by atoms with Gasteiger partial charge in [0.2, 0.25) is 0 Å². The molecule has 1 saturated carbocycles. The fourth-order valence-corrected chi connectivity index (χ4v) is 5.35. The van der Waals surface area contributed by atoms with Crippen molar-refractivity contribution in [2.24, 2.45) is 0 Å². The number of aliphatic hydroxyl groups excluding tert-OH is 1. The number of phosphoric ester groups is 1. The van der Waals surface area contributed by atoms with E-state index >= 15 is 0 Å². The molecule has 2 aromatic heterocycles. The molecule has 4 heterocycles. The van der Waals surface area contributed by atoms with Gasteiger partial charge in [-0.25, -0.2) is 19.5 Å². The highest BCUT2D eigenvalue weighted by atomic mass is 31.2. The van der Waals surface area contributed by atoms with Crippen LogP contribution < -0.4 is 5.32 Å². The summed E-state index contributed by atoms with van der Waals surface area (Å²) in [6.45, 7) is -0.512. The standard InChI is InChI=1S/C15H19N6O9P/c22-8-3-1-2-7(8)19-13-10-14(17-5-16-13)20(6-18-10)15-12-11(29-31(25,26)30-12)9(28-15)4-27-21(23)24/h5-9,11-12,15,22H,1-4H2,(H,25,26)(H,16,17,19)/t7?,8-,9+,11+,12+,15+/m0/s1. The molecular weight excluding hydrogens is 439 g/mol. The van der Waals surface area contributed by atoms with Crippen LogP contribution in [0.3, 0.4) is 0 Å². The molecule has 16 heteroatoms. The summed E-state index contributed by atoms with van der Waals surface area (Å²) in [7, 11) is -4.35. The van der Waals surface area contributed by atoms with Gasteiger partial charge < -0.3 is 24.9 Å². The first kappa shape index (κ1) is 20.5. The number of ether oxygens (including phenoxy) is 1. The van der Waals surface area contributed by atoms with Crippen LogP contribution in [0.15, 0.2) is 12.7 Å². The van der Waals surface area contributed by atoms with Gasteiger partial charge in [-0.05, 0) is 19.3 Å². The van der Waals surface area contributed by atoms with E-state index in [0.717, 1.165) is 12.8 Å². The highest BCUT2D eigenvalue weighted by Crippen LogP contribution is 2.58. The van der Waals surface area contributed by atoms with E-state index in [1.165, 1.54) is 17.2 Å². The number of aliphatic hydroxyl groups is 1. The third-order valence-corrected chi connectivity index (χ3v) is 6.59. The Labute approximate surface area is 174 Å². The van der Waals surface area contributed by atoms with Crippen LogP contribution in [0.5, 0.6) is 0 Å². The minimum absolute atomic E-state index is 0.161. The number of nitrogens with one attached hydrogen (secondary N) is 1. The van der Waals surface area contributed by atoms with Gasteiger partial charge in [-0.3, -0.25) is 13.6 Å². The van der Waals surface area contributed by atoms with Crippen molar-refractivity contribution in [2.45, 2.75) is 55.9 Å². The van der Waals surface area contributed by atoms with Crippen molar-refractivity contribution in [3.63, 3.8) is 0 Å². The molecule has 0 amide bonds. The zero-order chi connectivity index (χ0) is 21.8. The lowest BCUT2D eigenvalue weighted by molar-refractivity contribution is -0.759. The van der Waals surface area contributed by atoms with Crippen molar-refractivity contribution in [1.29, 1.82) is 0 Å². The number of fused-ring (bicyclic) bond motifs is 2. The fourth-order valence-electron chi connectivity index (χ4n) is 4.20. The highest BCUT2D eigenvalue weighted by molar-refractivity contribution is 7.47. The van der Waals surface area contributed by atoms with Crippen molar-refractivity contribution >= 4 is 24.8 Å². The number of imidazole rings is 1. The Morgan fingerprint density at radius 2 is 2.13 bits per heavy atom. The van der Waals surface area contributed by atoms with Gasteiger partial charge in [-0.2, -0.15) is 0 Å². The maximum Gasteiger partial charge on any atom is 0.473 e. The summed E-state index contributed by atoms with van der Waals surface area (Å²) in [4.78, 5) is 37.4. The second kappa shape index (κ2) is 7.62. The molecule has 3 N–H and O–H groups in total. The summed E-state index contributed by atoms with van der Waals surface area (Å²) >= 11 is 0. The van der Waals surface area contributed by atoms with E-state index in [0.29, 0.717) is 23.4 Å². The molecule has 15 nitrogen and oxygen atoms in total. The zero-order valence-electron chi connectivity index (χ0n) is 15.9. The van der Waals surface area contributed by atoms with Crippen LogP contribution in [0.4, 0.5) is 5.82 Å². The van der Waals surface area contributed by atoms with Gasteiger partial charge in [0, 0.05) is 0 Å². The summed E-state index contributed by atoms with van der Waals surface area (Å²) in [6.07, 6.45) is 0.465. The lowest BCUT2D eigenvalue weighted by atomic mass is 10.1. The summed E-state index contributed by atoms with van der Waals surface area (Å²) < 4.78 is 29.4. The molecule has 0 radical (unpaired) electrons. The first-order valence-corrected chi connectivity index (χ1v) is 11.1. The Bertz CT molecular complexity index is 1050. The van der Waals surface area contributed by atoms with Crippen LogP contribution in [0, 0.1) is 10.1 Å². The molecule has 0 bridgehead atoms. The average molecular weight is 458 g/mol. The summed E-state index contributed by atoms with van der Waals surface area (Å²) in [5, 5.41) is 22.8. The van der Waals surface area contributed by atoms with Crippen molar-refractivity contribution in [1.82, 2.24) is 19.5 Å². The average Bonchev–Trinajstić information content (AvgIpc) is 3.44. The van der Waals surface area contributed by atoms with E-state index in [1.807, 2.05) is 0 Å². The second-order valence-electron chi connectivity index (χ2n) is 7.49. The van der Waals surface area contributed by atoms with Crippen molar-refractivity contribution in [2.75, 3.05) is 11.9 Å². The predicted octanol–water partition coefficient (Wildman–Crippen LogP) is 0.142. The number of aromatic nitrogens is 4. The van der Waals surface area contributed by atoms with E-state index in [2.05, 4.69) is 25.1 Å². The van der Waals surface area contributed by atoms with Gasteiger partial charge in [-0.1, -0.05) is 0 Å².